The van der Waals surface area contributed by atoms with Crippen LogP contribution < -0.4 is 0 Å². The van der Waals surface area contributed by atoms with E-state index in [-0.39, 0.29) is 25.6 Å². The number of rotatable bonds is 3. The Kier molecular flexibility index (Phi) is 6.25. The number of carboxylic acid groups (broad SMARTS) is 1. The maximum atomic E-state index is 13.1. The Morgan fingerprint density at radius 1 is 0.912 bits per heavy atom. The van der Waals surface area contributed by atoms with E-state index in [1.54, 1.807) is 27.7 Å². The highest BCUT2D eigenvalue weighted by Crippen LogP contribution is 2.44. The molecule has 4 rings (SSSR count). The van der Waals surface area contributed by atoms with E-state index in [2.05, 4.69) is 0 Å². The van der Waals surface area contributed by atoms with Gasteiger partial charge in [-0.25, -0.2) is 14.4 Å². The molecule has 1 N–H and O–H groups in total. The molecule has 2 atom stereocenters. The number of aliphatic carboxylic acids is 1. The van der Waals surface area contributed by atoms with E-state index in [0.717, 1.165) is 22.3 Å². The summed E-state index contributed by atoms with van der Waals surface area (Å²) in [4.78, 5) is 40.2. The molecule has 2 aromatic carbocycles. The van der Waals surface area contributed by atoms with Crippen molar-refractivity contribution < 1.29 is 29.0 Å². The number of ether oxygens (including phenoxy) is 2. The summed E-state index contributed by atoms with van der Waals surface area (Å²) in [7, 11) is 0. The fourth-order valence-corrected chi connectivity index (χ4v) is 4.64. The molecule has 8 nitrogen and oxygen atoms in total. The van der Waals surface area contributed by atoms with Gasteiger partial charge in [-0.2, -0.15) is 0 Å². The first kappa shape index (κ1) is 23.6. The third kappa shape index (κ3) is 4.58. The molecule has 0 radical (unpaired) electrons. The molecule has 1 aliphatic heterocycles. The maximum Gasteiger partial charge on any atom is 0.410 e. The van der Waals surface area contributed by atoms with Gasteiger partial charge in [-0.05, 0) is 49.9 Å². The quantitative estimate of drug-likeness (QED) is 0.723. The molecule has 2 aliphatic rings. The highest BCUT2D eigenvalue weighted by molar-refractivity contribution is 5.82. The van der Waals surface area contributed by atoms with Crippen molar-refractivity contribution in [2.45, 2.75) is 51.3 Å². The van der Waals surface area contributed by atoms with Crippen molar-refractivity contribution in [1.29, 1.82) is 0 Å². The monoisotopic (exact) mass is 466 g/mol. The second-order valence-corrected chi connectivity index (χ2v) is 9.79. The number of carbonyl (C=O) groups is 3. The van der Waals surface area contributed by atoms with E-state index in [0.29, 0.717) is 0 Å². The summed E-state index contributed by atoms with van der Waals surface area (Å²) < 4.78 is 11.1. The predicted molar refractivity (Wildman–Crippen MR) is 126 cm³/mol. The van der Waals surface area contributed by atoms with Crippen molar-refractivity contribution in [3.63, 3.8) is 0 Å². The first-order valence-electron chi connectivity index (χ1n) is 11.4. The lowest BCUT2D eigenvalue weighted by Crippen LogP contribution is -2.63. The van der Waals surface area contributed by atoms with Crippen LogP contribution in [0.2, 0.25) is 0 Å². The van der Waals surface area contributed by atoms with Gasteiger partial charge in [-0.3, -0.25) is 4.90 Å². The predicted octanol–water partition coefficient (Wildman–Crippen LogP) is 4.33. The van der Waals surface area contributed by atoms with Gasteiger partial charge < -0.3 is 19.5 Å². The summed E-state index contributed by atoms with van der Waals surface area (Å²) in [5.41, 5.74) is 3.67. The molecule has 2 amide bonds. The fraction of sp³-hybridized carbons (Fsp3) is 0.423. The Labute approximate surface area is 199 Å². The van der Waals surface area contributed by atoms with Crippen LogP contribution in [0.4, 0.5) is 9.59 Å². The van der Waals surface area contributed by atoms with Crippen LogP contribution in [0, 0.1) is 0 Å². The topological polar surface area (TPSA) is 96.4 Å². The zero-order valence-corrected chi connectivity index (χ0v) is 19.9. The molecule has 1 saturated heterocycles. The SMILES string of the molecule is C[C@@H]1CN(C(=O)OCC2c3ccccc3-c3ccccc32)[C@H](C(=O)O)CN1C(=O)OC(C)(C)C. The molecule has 2 aromatic rings. The Morgan fingerprint density at radius 3 is 2.00 bits per heavy atom. The van der Waals surface area contributed by atoms with Crippen LogP contribution in [0.1, 0.15) is 44.7 Å². The van der Waals surface area contributed by atoms with Gasteiger partial charge in [0.25, 0.3) is 0 Å². The van der Waals surface area contributed by atoms with Crippen molar-refractivity contribution in [2.24, 2.45) is 0 Å². The van der Waals surface area contributed by atoms with Gasteiger partial charge in [0.05, 0.1) is 12.6 Å². The summed E-state index contributed by atoms with van der Waals surface area (Å²) in [6.45, 7) is 6.96. The first-order valence-corrected chi connectivity index (χ1v) is 11.4. The van der Waals surface area contributed by atoms with Gasteiger partial charge in [0.15, 0.2) is 6.04 Å². The number of carbonyl (C=O) groups excluding carboxylic acids is 2. The molecular weight excluding hydrogens is 436 g/mol. The number of hydrogen-bond acceptors (Lipinski definition) is 5. The lowest BCUT2D eigenvalue weighted by Gasteiger charge is -2.43. The van der Waals surface area contributed by atoms with Crippen LogP contribution in [-0.4, -0.2) is 70.4 Å². The minimum Gasteiger partial charge on any atom is -0.480 e. The lowest BCUT2D eigenvalue weighted by molar-refractivity contribution is -0.145. The number of hydrogen-bond donors (Lipinski definition) is 1. The molecule has 0 spiro atoms. The van der Waals surface area contributed by atoms with E-state index >= 15 is 0 Å². The Hall–Kier alpha value is -3.55. The van der Waals surface area contributed by atoms with Crippen LogP contribution in [0.5, 0.6) is 0 Å². The molecular formula is C26H30N2O6. The third-order valence-electron chi connectivity index (χ3n) is 6.22. The van der Waals surface area contributed by atoms with Crippen LogP contribution in [0.3, 0.4) is 0 Å². The first-order chi connectivity index (χ1) is 16.1. The normalized spacial score (nSPS) is 19.9. The van der Waals surface area contributed by atoms with Crippen molar-refractivity contribution in [3.8, 4) is 11.1 Å². The van der Waals surface area contributed by atoms with Gasteiger partial charge in [0, 0.05) is 12.5 Å². The van der Waals surface area contributed by atoms with Gasteiger partial charge in [0.1, 0.15) is 12.2 Å². The molecule has 0 aromatic heterocycles. The molecule has 1 fully saturated rings. The molecule has 0 unspecified atom stereocenters. The van der Waals surface area contributed by atoms with E-state index in [1.807, 2.05) is 48.5 Å². The molecule has 8 heteroatoms. The lowest BCUT2D eigenvalue weighted by atomic mass is 9.98. The van der Waals surface area contributed by atoms with E-state index in [4.69, 9.17) is 9.47 Å². The van der Waals surface area contributed by atoms with Gasteiger partial charge in [-0.15, -0.1) is 0 Å². The Morgan fingerprint density at radius 2 is 1.47 bits per heavy atom. The fourth-order valence-electron chi connectivity index (χ4n) is 4.64. The summed E-state index contributed by atoms with van der Waals surface area (Å²) >= 11 is 0. The number of amides is 2. The smallest absolute Gasteiger partial charge is 0.410 e. The summed E-state index contributed by atoms with van der Waals surface area (Å²) in [5.74, 6) is -1.32. The Balaban J connectivity index is 1.48. The van der Waals surface area contributed by atoms with Crippen molar-refractivity contribution in [3.05, 3.63) is 59.7 Å². The van der Waals surface area contributed by atoms with Crippen molar-refractivity contribution in [1.82, 2.24) is 9.80 Å². The van der Waals surface area contributed by atoms with Crippen LogP contribution >= 0.6 is 0 Å². The van der Waals surface area contributed by atoms with Crippen LogP contribution in [0.15, 0.2) is 48.5 Å². The average Bonchev–Trinajstić information content (AvgIpc) is 3.09. The second-order valence-electron chi connectivity index (χ2n) is 9.79. The highest BCUT2D eigenvalue weighted by atomic mass is 16.6. The second kappa shape index (κ2) is 9.00. The highest BCUT2D eigenvalue weighted by Gasteiger charge is 2.43. The molecule has 1 aliphatic carbocycles. The van der Waals surface area contributed by atoms with E-state index in [1.165, 1.54) is 9.80 Å². The number of fused-ring (bicyclic) bond motifs is 3. The number of nitrogens with zero attached hydrogens (tertiary/aromatic N) is 2. The molecule has 34 heavy (non-hydrogen) atoms. The van der Waals surface area contributed by atoms with E-state index in [9.17, 15) is 19.5 Å². The summed E-state index contributed by atoms with van der Waals surface area (Å²) in [5, 5.41) is 9.79. The molecule has 180 valence electrons. The summed E-state index contributed by atoms with van der Waals surface area (Å²) in [6.07, 6.45) is -1.30. The number of piperazine rings is 1. The third-order valence-corrected chi connectivity index (χ3v) is 6.22. The molecule has 0 saturated carbocycles. The zero-order chi connectivity index (χ0) is 24.6. The van der Waals surface area contributed by atoms with Crippen LogP contribution in [0.25, 0.3) is 11.1 Å². The van der Waals surface area contributed by atoms with Crippen molar-refractivity contribution >= 4 is 18.2 Å². The van der Waals surface area contributed by atoms with Gasteiger partial charge in [0.2, 0.25) is 0 Å². The Bertz CT molecular complexity index is 1060. The number of carboxylic acids is 1. The number of benzene rings is 2. The zero-order valence-electron chi connectivity index (χ0n) is 19.9. The van der Waals surface area contributed by atoms with Crippen molar-refractivity contribution in [2.75, 3.05) is 19.7 Å². The van der Waals surface area contributed by atoms with Crippen LogP contribution in [-0.2, 0) is 14.3 Å². The maximum absolute atomic E-state index is 13.1. The van der Waals surface area contributed by atoms with Gasteiger partial charge >= 0.3 is 18.2 Å². The molecule has 1 heterocycles. The van der Waals surface area contributed by atoms with E-state index < -0.39 is 35.8 Å². The standard InChI is InChI=1S/C26H30N2O6/c1-16-13-28(22(23(29)30)14-27(16)25(32)34-26(2,3)4)24(31)33-15-21-19-11-7-5-9-17(19)18-10-6-8-12-20(18)21/h5-12,16,21-22H,13-15H2,1-4H3,(H,29,30)/t16-,22+/m1/s1. The largest absolute Gasteiger partial charge is 0.480 e. The van der Waals surface area contributed by atoms with Gasteiger partial charge in [-0.1, -0.05) is 48.5 Å². The average molecular weight is 467 g/mol. The minimum atomic E-state index is -1.22. The molecule has 0 bridgehead atoms. The minimum absolute atomic E-state index is 0.0346. The summed E-state index contributed by atoms with van der Waals surface area (Å²) in [6, 6.07) is 14.4.